The van der Waals surface area contributed by atoms with E-state index < -0.39 is 11.5 Å². The number of pyridine rings is 1. The van der Waals surface area contributed by atoms with Crippen LogP contribution in [0.1, 0.15) is 29.9 Å². The predicted molar refractivity (Wildman–Crippen MR) is 60.7 cm³/mol. The summed E-state index contributed by atoms with van der Waals surface area (Å²) < 4.78 is 0. The van der Waals surface area contributed by atoms with Crippen LogP contribution >= 0.6 is 0 Å². The van der Waals surface area contributed by atoms with E-state index in [1.54, 1.807) is 26.8 Å². The second-order valence-electron chi connectivity index (χ2n) is 4.34. The zero-order valence-electron chi connectivity index (χ0n) is 9.61. The number of carbonyl (C=O) groups is 1. The highest BCUT2D eigenvalue weighted by molar-refractivity contribution is 5.94. The van der Waals surface area contributed by atoms with Gasteiger partial charge >= 0.3 is 5.97 Å². The Hall–Kier alpha value is -1.62. The minimum absolute atomic E-state index is 0.0899. The van der Waals surface area contributed by atoms with Crippen LogP contribution in [0.3, 0.4) is 0 Å². The van der Waals surface area contributed by atoms with Crippen molar-refractivity contribution in [2.45, 2.75) is 26.3 Å². The average molecular weight is 224 g/mol. The van der Waals surface area contributed by atoms with Gasteiger partial charge in [0.15, 0.2) is 0 Å². The second-order valence-corrected chi connectivity index (χ2v) is 4.34. The monoisotopic (exact) mass is 224 g/mol. The normalized spacial score (nSPS) is 11.2. The molecule has 5 nitrogen and oxygen atoms in total. The summed E-state index contributed by atoms with van der Waals surface area (Å²) in [6.07, 6.45) is 1.31. The third-order valence-electron chi connectivity index (χ3n) is 2.14. The van der Waals surface area contributed by atoms with Crippen molar-refractivity contribution in [2.75, 3.05) is 11.9 Å². The Labute approximate surface area is 94.1 Å². The number of aliphatic hydroxyl groups is 1. The Morgan fingerprint density at radius 1 is 1.56 bits per heavy atom. The number of anilines is 1. The fraction of sp³-hybridized carbons (Fsp3) is 0.455. The lowest BCUT2D eigenvalue weighted by atomic mass is 10.1. The maximum Gasteiger partial charge on any atom is 0.339 e. The summed E-state index contributed by atoms with van der Waals surface area (Å²) in [5, 5.41) is 21.1. The molecule has 0 atom stereocenters. The smallest absolute Gasteiger partial charge is 0.339 e. The lowest BCUT2D eigenvalue weighted by Gasteiger charge is -2.25. The van der Waals surface area contributed by atoms with E-state index in [4.69, 9.17) is 10.2 Å². The minimum Gasteiger partial charge on any atom is -0.478 e. The molecule has 0 aliphatic heterocycles. The van der Waals surface area contributed by atoms with Gasteiger partial charge < -0.3 is 15.5 Å². The summed E-state index contributed by atoms with van der Waals surface area (Å²) in [5.74, 6) is -1.04. The molecule has 0 aliphatic carbocycles. The van der Waals surface area contributed by atoms with Crippen molar-refractivity contribution in [1.29, 1.82) is 0 Å². The van der Waals surface area contributed by atoms with Crippen LogP contribution in [0.4, 0.5) is 5.69 Å². The molecule has 0 saturated heterocycles. The Morgan fingerprint density at radius 3 is 2.69 bits per heavy atom. The number of hydrogen-bond acceptors (Lipinski definition) is 4. The van der Waals surface area contributed by atoms with Crippen molar-refractivity contribution in [1.82, 2.24) is 4.98 Å². The van der Waals surface area contributed by atoms with Gasteiger partial charge in [-0.1, -0.05) is 0 Å². The van der Waals surface area contributed by atoms with Gasteiger partial charge in [0.1, 0.15) is 5.56 Å². The van der Waals surface area contributed by atoms with Gasteiger partial charge in [-0.15, -0.1) is 0 Å². The van der Waals surface area contributed by atoms with E-state index >= 15 is 0 Å². The van der Waals surface area contributed by atoms with Gasteiger partial charge in [-0.2, -0.15) is 0 Å². The first-order chi connectivity index (χ1) is 7.35. The number of rotatable bonds is 4. The lowest BCUT2D eigenvalue weighted by Crippen LogP contribution is -2.35. The molecule has 0 bridgehead atoms. The van der Waals surface area contributed by atoms with Gasteiger partial charge in [-0.05, 0) is 26.8 Å². The summed E-state index contributed by atoms with van der Waals surface area (Å²) in [6, 6.07) is 1.65. The van der Waals surface area contributed by atoms with E-state index in [0.29, 0.717) is 5.69 Å². The number of aliphatic hydroxyl groups excluding tert-OH is 1. The first-order valence-corrected chi connectivity index (χ1v) is 4.95. The molecule has 3 N–H and O–H groups in total. The molecule has 1 rings (SSSR count). The molecule has 0 amide bonds. The number of aromatic nitrogens is 1. The topological polar surface area (TPSA) is 82.5 Å². The van der Waals surface area contributed by atoms with Crippen LogP contribution in [-0.2, 0) is 0 Å². The maximum absolute atomic E-state index is 11.0. The van der Waals surface area contributed by atoms with E-state index in [0.717, 1.165) is 5.69 Å². The Balaban J connectivity index is 3.10. The molecule has 0 saturated carbocycles. The molecular weight excluding hydrogens is 208 g/mol. The third-order valence-corrected chi connectivity index (χ3v) is 2.14. The molecule has 0 aromatic carbocycles. The zero-order chi connectivity index (χ0) is 12.3. The van der Waals surface area contributed by atoms with Gasteiger partial charge in [0, 0.05) is 11.9 Å². The fourth-order valence-corrected chi connectivity index (χ4v) is 1.24. The highest BCUT2D eigenvalue weighted by Gasteiger charge is 2.19. The molecule has 16 heavy (non-hydrogen) atoms. The number of aryl methyl sites for hydroxylation is 1. The van der Waals surface area contributed by atoms with Crippen LogP contribution in [0, 0.1) is 6.92 Å². The van der Waals surface area contributed by atoms with Crippen LogP contribution in [0.15, 0.2) is 12.3 Å². The Bertz CT molecular complexity index is 402. The van der Waals surface area contributed by atoms with E-state index in [2.05, 4.69) is 10.3 Å². The SMILES string of the molecule is Cc1cc(NC(C)(C)CO)c(C(=O)O)cn1. The zero-order valence-corrected chi connectivity index (χ0v) is 9.61. The van der Waals surface area contributed by atoms with Crippen molar-refractivity contribution in [3.63, 3.8) is 0 Å². The summed E-state index contributed by atoms with van der Waals surface area (Å²) in [5.41, 5.74) is 0.727. The molecule has 1 aromatic heterocycles. The Kier molecular flexibility index (Phi) is 3.49. The molecule has 0 aliphatic rings. The van der Waals surface area contributed by atoms with Gasteiger partial charge in [0.2, 0.25) is 0 Å². The van der Waals surface area contributed by atoms with Crippen molar-refractivity contribution >= 4 is 11.7 Å². The number of carboxylic acid groups (broad SMARTS) is 1. The first kappa shape index (κ1) is 12.4. The maximum atomic E-state index is 11.0. The minimum atomic E-state index is -1.04. The van der Waals surface area contributed by atoms with Crippen molar-refractivity contribution in [2.24, 2.45) is 0 Å². The molecule has 0 radical (unpaired) electrons. The fourth-order valence-electron chi connectivity index (χ4n) is 1.24. The van der Waals surface area contributed by atoms with Crippen molar-refractivity contribution in [3.05, 3.63) is 23.5 Å². The van der Waals surface area contributed by atoms with Gasteiger partial charge in [0.05, 0.1) is 17.8 Å². The van der Waals surface area contributed by atoms with Gasteiger partial charge in [-0.25, -0.2) is 4.79 Å². The van der Waals surface area contributed by atoms with E-state index in [1.165, 1.54) is 6.20 Å². The molecule has 1 aromatic rings. The van der Waals surface area contributed by atoms with Crippen LogP contribution in [-0.4, -0.2) is 33.3 Å². The quantitative estimate of drug-likeness (QED) is 0.717. The first-order valence-electron chi connectivity index (χ1n) is 4.95. The highest BCUT2D eigenvalue weighted by Crippen LogP contribution is 2.20. The molecule has 5 heteroatoms. The lowest BCUT2D eigenvalue weighted by molar-refractivity contribution is 0.0697. The molecule has 1 heterocycles. The summed E-state index contributed by atoms with van der Waals surface area (Å²) in [6.45, 7) is 5.26. The van der Waals surface area contributed by atoms with Crippen LogP contribution in [0.5, 0.6) is 0 Å². The van der Waals surface area contributed by atoms with Gasteiger partial charge in [-0.3, -0.25) is 4.98 Å². The molecule has 0 unspecified atom stereocenters. The van der Waals surface area contributed by atoms with Crippen LogP contribution < -0.4 is 5.32 Å². The third kappa shape index (κ3) is 2.93. The number of carboxylic acids is 1. The average Bonchev–Trinajstić information content (AvgIpc) is 2.16. The number of nitrogens with one attached hydrogen (secondary N) is 1. The molecular formula is C11H16N2O3. The highest BCUT2D eigenvalue weighted by atomic mass is 16.4. The summed E-state index contributed by atoms with van der Waals surface area (Å²) >= 11 is 0. The largest absolute Gasteiger partial charge is 0.478 e. The molecule has 0 spiro atoms. The van der Waals surface area contributed by atoms with Crippen LogP contribution in [0.25, 0.3) is 0 Å². The molecule has 0 fully saturated rings. The van der Waals surface area contributed by atoms with Gasteiger partial charge in [0.25, 0.3) is 0 Å². The number of aromatic carboxylic acids is 1. The predicted octanol–water partition coefficient (Wildman–Crippen LogP) is 1.27. The van der Waals surface area contributed by atoms with E-state index in [-0.39, 0.29) is 12.2 Å². The van der Waals surface area contributed by atoms with E-state index in [9.17, 15) is 4.79 Å². The van der Waals surface area contributed by atoms with Crippen molar-refractivity contribution in [3.8, 4) is 0 Å². The van der Waals surface area contributed by atoms with Crippen molar-refractivity contribution < 1.29 is 15.0 Å². The summed E-state index contributed by atoms with van der Waals surface area (Å²) in [4.78, 5) is 14.9. The number of hydrogen-bond donors (Lipinski definition) is 3. The van der Waals surface area contributed by atoms with Crippen LogP contribution in [0.2, 0.25) is 0 Å². The number of nitrogens with zero attached hydrogens (tertiary/aromatic N) is 1. The second kappa shape index (κ2) is 4.49. The Morgan fingerprint density at radius 2 is 2.19 bits per heavy atom. The standard InChI is InChI=1S/C11H16N2O3/c1-7-4-9(13-11(2,3)6-14)8(5-12-7)10(15)16/h4-5,14H,6H2,1-3H3,(H,12,13)(H,15,16). The summed E-state index contributed by atoms with van der Waals surface area (Å²) in [7, 11) is 0. The van der Waals surface area contributed by atoms with E-state index in [1.807, 2.05) is 0 Å². The molecule has 88 valence electrons.